The molecule has 2 nitrogen and oxygen atoms in total. The number of furan rings is 1. The zero-order chi connectivity index (χ0) is 13.3. The molecule has 0 aliphatic heterocycles. The van der Waals surface area contributed by atoms with Crippen molar-refractivity contribution in [3.05, 3.63) is 46.1 Å². The molecule has 1 heterocycles. The van der Waals surface area contributed by atoms with Crippen LogP contribution in [0.4, 0.5) is 13.2 Å². The standard InChI is InChI=1S/C12H9BrF3NO/c13-7-1-3-9(10(5-7)12(14,15)16)11-4-2-8(6-17)18-11/h1-5H,6,17H2. The van der Waals surface area contributed by atoms with E-state index >= 15 is 0 Å². The third-order valence-electron chi connectivity index (χ3n) is 2.42. The van der Waals surface area contributed by atoms with Crippen molar-refractivity contribution >= 4 is 15.9 Å². The van der Waals surface area contributed by atoms with E-state index in [9.17, 15) is 13.2 Å². The molecule has 0 radical (unpaired) electrons. The second-order valence-electron chi connectivity index (χ2n) is 3.66. The minimum atomic E-state index is -4.44. The summed E-state index contributed by atoms with van der Waals surface area (Å²) in [6.07, 6.45) is -4.44. The molecule has 2 rings (SSSR count). The van der Waals surface area contributed by atoms with Gasteiger partial charge >= 0.3 is 6.18 Å². The molecule has 0 spiro atoms. The third-order valence-corrected chi connectivity index (χ3v) is 2.91. The summed E-state index contributed by atoms with van der Waals surface area (Å²) in [5.41, 5.74) is 4.63. The molecule has 18 heavy (non-hydrogen) atoms. The monoisotopic (exact) mass is 319 g/mol. The Morgan fingerprint density at radius 1 is 1.17 bits per heavy atom. The van der Waals surface area contributed by atoms with Crippen LogP contribution in [0.1, 0.15) is 11.3 Å². The maximum atomic E-state index is 12.9. The van der Waals surface area contributed by atoms with E-state index in [1.54, 1.807) is 6.07 Å². The first-order valence-corrected chi connectivity index (χ1v) is 5.87. The van der Waals surface area contributed by atoms with Crippen LogP contribution in [0.2, 0.25) is 0 Å². The van der Waals surface area contributed by atoms with Crippen LogP contribution in [0.15, 0.2) is 39.2 Å². The van der Waals surface area contributed by atoms with Gasteiger partial charge in [-0.2, -0.15) is 13.2 Å². The maximum absolute atomic E-state index is 12.9. The van der Waals surface area contributed by atoms with Crippen molar-refractivity contribution in [3.63, 3.8) is 0 Å². The Morgan fingerprint density at radius 2 is 1.89 bits per heavy atom. The molecule has 0 aliphatic rings. The lowest BCUT2D eigenvalue weighted by Gasteiger charge is -2.11. The van der Waals surface area contributed by atoms with E-state index in [2.05, 4.69) is 15.9 Å². The molecule has 2 N–H and O–H groups in total. The second-order valence-corrected chi connectivity index (χ2v) is 4.57. The van der Waals surface area contributed by atoms with Crippen molar-refractivity contribution in [2.24, 2.45) is 5.73 Å². The summed E-state index contributed by atoms with van der Waals surface area (Å²) in [6, 6.07) is 6.99. The Hall–Kier alpha value is -1.27. The summed E-state index contributed by atoms with van der Waals surface area (Å²) in [6.45, 7) is 0.151. The third kappa shape index (κ3) is 2.59. The smallest absolute Gasteiger partial charge is 0.417 e. The molecule has 0 saturated heterocycles. The minimum absolute atomic E-state index is 0.00500. The van der Waals surface area contributed by atoms with Crippen molar-refractivity contribution in [1.29, 1.82) is 0 Å². The molecule has 6 heteroatoms. The highest BCUT2D eigenvalue weighted by molar-refractivity contribution is 9.10. The van der Waals surface area contributed by atoms with E-state index in [-0.39, 0.29) is 17.9 Å². The van der Waals surface area contributed by atoms with Crippen LogP contribution in [-0.4, -0.2) is 0 Å². The van der Waals surface area contributed by atoms with Crippen molar-refractivity contribution in [1.82, 2.24) is 0 Å². The SMILES string of the molecule is NCc1ccc(-c2ccc(Br)cc2C(F)(F)F)o1. The number of hydrogen-bond acceptors (Lipinski definition) is 2. The first-order valence-electron chi connectivity index (χ1n) is 5.07. The first kappa shape index (κ1) is 13.2. The van der Waals surface area contributed by atoms with Crippen molar-refractivity contribution in [2.75, 3.05) is 0 Å². The molecule has 0 aliphatic carbocycles. The van der Waals surface area contributed by atoms with Gasteiger partial charge in [0, 0.05) is 10.0 Å². The number of alkyl halides is 3. The van der Waals surface area contributed by atoms with Crippen LogP contribution in [0.25, 0.3) is 11.3 Å². The molecule has 0 saturated carbocycles. The predicted octanol–water partition coefficient (Wildman–Crippen LogP) is 4.19. The molecule has 1 aromatic heterocycles. The molecular weight excluding hydrogens is 311 g/mol. The lowest BCUT2D eigenvalue weighted by molar-refractivity contribution is -0.137. The molecule has 0 fully saturated rings. The van der Waals surface area contributed by atoms with Gasteiger partial charge in [0.25, 0.3) is 0 Å². The molecule has 0 bridgehead atoms. The fraction of sp³-hybridized carbons (Fsp3) is 0.167. The molecule has 1 aromatic carbocycles. The molecule has 2 aromatic rings. The number of hydrogen-bond donors (Lipinski definition) is 1. The van der Waals surface area contributed by atoms with Gasteiger partial charge in [0.15, 0.2) is 0 Å². The Labute approximate surface area is 110 Å². The average molecular weight is 320 g/mol. The van der Waals surface area contributed by atoms with Gasteiger partial charge in [0.2, 0.25) is 0 Å². The van der Waals surface area contributed by atoms with Crippen LogP contribution in [0.3, 0.4) is 0 Å². The van der Waals surface area contributed by atoms with Gasteiger partial charge in [0.1, 0.15) is 11.5 Å². The fourth-order valence-electron chi connectivity index (χ4n) is 1.60. The summed E-state index contributed by atoms with van der Waals surface area (Å²) in [5.74, 6) is 0.608. The van der Waals surface area contributed by atoms with Gasteiger partial charge in [-0.15, -0.1) is 0 Å². The Bertz CT molecular complexity index is 563. The number of rotatable bonds is 2. The molecular formula is C12H9BrF3NO. The van der Waals surface area contributed by atoms with E-state index < -0.39 is 11.7 Å². The van der Waals surface area contributed by atoms with Crippen LogP contribution in [-0.2, 0) is 12.7 Å². The summed E-state index contributed by atoms with van der Waals surface area (Å²) < 4.78 is 44.4. The topological polar surface area (TPSA) is 39.2 Å². The Morgan fingerprint density at radius 3 is 2.44 bits per heavy atom. The highest BCUT2D eigenvalue weighted by Gasteiger charge is 2.34. The Balaban J connectivity index is 2.56. The molecule has 0 unspecified atom stereocenters. The van der Waals surface area contributed by atoms with Crippen LogP contribution in [0, 0.1) is 0 Å². The van der Waals surface area contributed by atoms with Gasteiger partial charge in [-0.05, 0) is 30.3 Å². The van der Waals surface area contributed by atoms with E-state index in [1.165, 1.54) is 18.2 Å². The van der Waals surface area contributed by atoms with Gasteiger partial charge < -0.3 is 10.2 Å². The van der Waals surface area contributed by atoms with Crippen LogP contribution >= 0.6 is 15.9 Å². The van der Waals surface area contributed by atoms with Crippen molar-refractivity contribution < 1.29 is 17.6 Å². The predicted molar refractivity (Wildman–Crippen MR) is 64.7 cm³/mol. The highest BCUT2D eigenvalue weighted by atomic mass is 79.9. The van der Waals surface area contributed by atoms with E-state index in [0.717, 1.165) is 6.07 Å². The van der Waals surface area contributed by atoms with Gasteiger partial charge in [-0.3, -0.25) is 0 Å². The lowest BCUT2D eigenvalue weighted by Crippen LogP contribution is -2.07. The van der Waals surface area contributed by atoms with Crippen LogP contribution < -0.4 is 5.73 Å². The first-order chi connectivity index (χ1) is 8.41. The second kappa shape index (κ2) is 4.78. The minimum Gasteiger partial charge on any atom is -0.460 e. The van der Waals surface area contributed by atoms with E-state index in [0.29, 0.717) is 10.2 Å². The summed E-state index contributed by atoms with van der Waals surface area (Å²) in [4.78, 5) is 0. The maximum Gasteiger partial charge on any atom is 0.417 e. The van der Waals surface area contributed by atoms with E-state index in [1.807, 2.05) is 0 Å². The number of nitrogens with two attached hydrogens (primary N) is 1. The number of halogens is 4. The average Bonchev–Trinajstić information content (AvgIpc) is 2.76. The van der Waals surface area contributed by atoms with Gasteiger partial charge in [-0.25, -0.2) is 0 Å². The van der Waals surface area contributed by atoms with Crippen molar-refractivity contribution in [2.45, 2.75) is 12.7 Å². The highest BCUT2D eigenvalue weighted by Crippen LogP contribution is 2.39. The summed E-state index contributed by atoms with van der Waals surface area (Å²) in [7, 11) is 0. The fourth-order valence-corrected chi connectivity index (χ4v) is 1.96. The summed E-state index contributed by atoms with van der Waals surface area (Å²) >= 11 is 3.03. The molecule has 96 valence electrons. The van der Waals surface area contributed by atoms with Gasteiger partial charge in [-0.1, -0.05) is 15.9 Å². The lowest BCUT2D eigenvalue weighted by atomic mass is 10.1. The molecule has 0 amide bonds. The largest absolute Gasteiger partial charge is 0.460 e. The number of benzene rings is 1. The quantitative estimate of drug-likeness (QED) is 0.901. The zero-order valence-corrected chi connectivity index (χ0v) is 10.7. The van der Waals surface area contributed by atoms with E-state index in [4.69, 9.17) is 10.2 Å². The van der Waals surface area contributed by atoms with Crippen LogP contribution in [0.5, 0.6) is 0 Å². The normalized spacial score (nSPS) is 11.8. The Kier molecular flexibility index (Phi) is 3.49. The summed E-state index contributed by atoms with van der Waals surface area (Å²) in [5, 5.41) is 0. The van der Waals surface area contributed by atoms with Crippen molar-refractivity contribution in [3.8, 4) is 11.3 Å². The van der Waals surface area contributed by atoms with Gasteiger partial charge in [0.05, 0.1) is 12.1 Å². The molecule has 0 atom stereocenters. The zero-order valence-electron chi connectivity index (χ0n) is 9.09.